The van der Waals surface area contributed by atoms with Gasteiger partial charge in [0.1, 0.15) is 0 Å². The number of rotatable bonds is 20. The first-order chi connectivity index (χ1) is 18.8. The Labute approximate surface area is 261 Å². The number of aromatic nitrogens is 2. The second kappa shape index (κ2) is 16.5. The average Bonchev–Trinajstić information content (AvgIpc) is 3.63. The Bertz CT molecular complexity index is 894. The molecule has 0 atom stereocenters. The van der Waals surface area contributed by atoms with E-state index in [1.807, 2.05) is 0 Å². The molecular weight excluding hydrogens is 787 g/mol. The molecule has 2 aromatic heterocycles. The van der Waals surface area contributed by atoms with Gasteiger partial charge >= 0.3 is 264 Å². The molecule has 0 fully saturated rings. The number of unbranched alkanes of at least 4 members (excludes halogenated alkanes) is 6. The number of hydrogen-bond acceptors (Lipinski definition) is 4. The molecule has 7 heteroatoms. The van der Waals surface area contributed by atoms with Crippen molar-refractivity contribution in [2.24, 2.45) is 0 Å². The Morgan fingerprint density at radius 1 is 0.487 bits per heavy atom. The van der Waals surface area contributed by atoms with E-state index < -0.39 is 50.0 Å². The van der Waals surface area contributed by atoms with Gasteiger partial charge in [-0.05, 0) is 0 Å². The first-order valence-electron chi connectivity index (χ1n) is 16.8. The van der Waals surface area contributed by atoms with Gasteiger partial charge in [0, 0.05) is 0 Å². The molecule has 0 N–H and O–H groups in total. The normalized spacial score (nSPS) is 14.7. The number of thiazole rings is 2. The van der Waals surface area contributed by atoms with Gasteiger partial charge < -0.3 is 0 Å². The maximum absolute atomic E-state index is 5.78. The van der Waals surface area contributed by atoms with Gasteiger partial charge in [-0.3, -0.25) is 0 Å². The van der Waals surface area contributed by atoms with E-state index in [0.717, 1.165) is 0 Å². The first-order valence-corrected chi connectivity index (χ1v) is 39.7. The third-order valence-electron chi connectivity index (χ3n) is 9.61. The van der Waals surface area contributed by atoms with Crippen LogP contribution in [0.1, 0.15) is 119 Å². The van der Waals surface area contributed by atoms with Gasteiger partial charge in [0.25, 0.3) is 0 Å². The topological polar surface area (TPSA) is 25.8 Å². The summed E-state index contributed by atoms with van der Waals surface area (Å²) in [6.45, 7) is 14.4. The predicted molar refractivity (Wildman–Crippen MR) is 189 cm³/mol. The zero-order valence-electron chi connectivity index (χ0n) is 26.9. The quantitative estimate of drug-likeness (QED) is 0.124. The summed E-state index contributed by atoms with van der Waals surface area (Å²) in [5.74, 6) is 5.28. The van der Waals surface area contributed by atoms with E-state index in [0.29, 0.717) is 0 Å². The Hall–Kier alpha value is 1.40. The molecule has 1 aliphatic rings. The fraction of sp³-hybridized carbons (Fsp3) is 0.812. The van der Waals surface area contributed by atoms with Gasteiger partial charge in [-0.1, -0.05) is 0 Å². The van der Waals surface area contributed by atoms with E-state index >= 15 is 0 Å². The Morgan fingerprint density at radius 2 is 0.744 bits per heavy atom. The van der Waals surface area contributed by atoms with E-state index in [2.05, 4.69) is 75.7 Å². The van der Waals surface area contributed by atoms with Crippen molar-refractivity contribution < 1.29 is 0 Å². The molecule has 0 saturated heterocycles. The van der Waals surface area contributed by atoms with Crippen molar-refractivity contribution >= 4 is 87.8 Å². The van der Waals surface area contributed by atoms with Gasteiger partial charge in [0.05, 0.1) is 0 Å². The average molecular weight is 847 g/mol. The molecule has 3 heterocycles. The summed E-state index contributed by atoms with van der Waals surface area (Å²) in [5.41, 5.74) is 0. The molecule has 0 aromatic carbocycles. The van der Waals surface area contributed by atoms with Crippen LogP contribution in [0, 0.1) is 0 Å². The number of fused-ring (bicyclic) bond motifs is 3. The SMILES string of the molecule is CCC[CH2][Sn]([CH2]CCC)([CH2]CCC)[c]1n[c]2c(s1)-c1s[c]([Sn]([CH2]CCC)([CH2]CCC)[CH2]CCC)n[c]1[Ge]2([CH3])[CH3]. The van der Waals surface area contributed by atoms with Crippen LogP contribution in [0.5, 0.6) is 0 Å². The van der Waals surface area contributed by atoms with Crippen LogP contribution in [0.4, 0.5) is 0 Å². The van der Waals surface area contributed by atoms with Crippen LogP contribution in [-0.2, 0) is 0 Å². The predicted octanol–water partition coefficient (Wildman–Crippen LogP) is 9.51. The molecule has 39 heavy (non-hydrogen) atoms. The van der Waals surface area contributed by atoms with Crippen molar-refractivity contribution in [3.8, 4) is 9.75 Å². The Kier molecular flexibility index (Phi) is 14.7. The van der Waals surface area contributed by atoms with Gasteiger partial charge in [0.2, 0.25) is 0 Å². The van der Waals surface area contributed by atoms with Crippen LogP contribution in [0.25, 0.3) is 9.75 Å². The number of nitrogens with zero attached hydrogens (tertiary/aromatic N) is 2. The second-order valence-electron chi connectivity index (χ2n) is 13.2. The van der Waals surface area contributed by atoms with E-state index in [9.17, 15) is 0 Å². The standard InChI is InChI=1S/C8H6GeN2S2.6C4H9.2Sn/c1-9(2)7-5(12-3-10-7)6-8(9)11-4-13-6;6*1-3-4-2;;/h1-2H3;6*1,3-4H2,2H3;;. The first kappa shape index (κ1) is 34.9. The summed E-state index contributed by atoms with van der Waals surface area (Å²) in [5, 5.41) is 0. The molecule has 0 aliphatic carbocycles. The Balaban J connectivity index is 2.11. The molecule has 0 unspecified atom stereocenters. The van der Waals surface area contributed by atoms with Crippen molar-refractivity contribution in [1.82, 2.24) is 9.97 Å². The summed E-state index contributed by atoms with van der Waals surface area (Å²) in [6, 6.07) is 0. The van der Waals surface area contributed by atoms with Crippen molar-refractivity contribution in [3.63, 3.8) is 0 Å². The van der Waals surface area contributed by atoms with Crippen LogP contribution in [-0.4, -0.2) is 60.0 Å². The minimum atomic E-state index is -2.51. The summed E-state index contributed by atoms with van der Waals surface area (Å²) >= 11 is -3.02. The van der Waals surface area contributed by atoms with Gasteiger partial charge in [-0.2, -0.15) is 0 Å². The summed E-state index contributed by atoms with van der Waals surface area (Å²) in [6.07, 6.45) is 16.6. The van der Waals surface area contributed by atoms with Crippen LogP contribution in [0.2, 0.25) is 38.1 Å². The van der Waals surface area contributed by atoms with Crippen LogP contribution in [0.3, 0.4) is 0 Å². The molecule has 222 valence electrons. The van der Waals surface area contributed by atoms with Crippen LogP contribution < -0.4 is 15.1 Å². The molecular formula is C32H60GeN2S2Sn2. The van der Waals surface area contributed by atoms with Crippen molar-refractivity contribution in [2.75, 3.05) is 0 Å². The minimum absolute atomic E-state index is 1.34. The van der Waals surface area contributed by atoms with E-state index in [4.69, 9.17) is 9.97 Å². The molecule has 0 amide bonds. The van der Waals surface area contributed by atoms with Gasteiger partial charge in [0.15, 0.2) is 0 Å². The molecule has 0 bridgehead atoms. The van der Waals surface area contributed by atoms with E-state index in [1.165, 1.54) is 104 Å². The number of hydrogen-bond donors (Lipinski definition) is 0. The van der Waals surface area contributed by atoms with Crippen molar-refractivity contribution in [3.05, 3.63) is 0 Å². The van der Waals surface area contributed by atoms with Gasteiger partial charge in [-0.25, -0.2) is 0 Å². The van der Waals surface area contributed by atoms with E-state index in [-0.39, 0.29) is 0 Å². The summed E-state index contributed by atoms with van der Waals surface area (Å²) in [4.78, 5) is 14.8. The molecule has 1 aliphatic heterocycles. The third kappa shape index (κ3) is 7.92. The van der Waals surface area contributed by atoms with E-state index in [1.54, 1.807) is 24.9 Å². The summed E-state index contributed by atoms with van der Waals surface area (Å²) < 4.78 is 15.9. The zero-order valence-corrected chi connectivity index (χ0v) is 36.4. The molecule has 2 aromatic rings. The molecule has 0 saturated carbocycles. The third-order valence-corrected chi connectivity index (χ3v) is 54.6. The molecule has 2 nitrogen and oxygen atoms in total. The summed E-state index contributed by atoms with van der Waals surface area (Å²) in [7, 11) is 0. The molecule has 0 radical (unpaired) electrons. The van der Waals surface area contributed by atoms with Crippen molar-refractivity contribution in [2.45, 2.75) is 157 Å². The monoisotopic (exact) mass is 850 g/mol. The second-order valence-corrected chi connectivity index (χ2v) is 52.0. The van der Waals surface area contributed by atoms with Crippen LogP contribution >= 0.6 is 22.7 Å². The molecule has 3 rings (SSSR count). The Morgan fingerprint density at radius 3 is 0.974 bits per heavy atom. The fourth-order valence-electron chi connectivity index (χ4n) is 6.84. The van der Waals surface area contributed by atoms with Crippen molar-refractivity contribution in [1.29, 1.82) is 0 Å². The fourth-order valence-corrected chi connectivity index (χ4v) is 56.4. The maximum atomic E-state index is 5.78. The van der Waals surface area contributed by atoms with Crippen LogP contribution in [0.15, 0.2) is 0 Å². The van der Waals surface area contributed by atoms with Gasteiger partial charge in [-0.15, -0.1) is 0 Å². The molecule has 0 spiro atoms. The zero-order chi connectivity index (χ0) is 28.5.